The van der Waals surface area contributed by atoms with Crippen molar-refractivity contribution in [3.63, 3.8) is 0 Å². The van der Waals surface area contributed by atoms with E-state index < -0.39 is 11.7 Å². The molecule has 1 aromatic carbocycles. The SMILES string of the molecule is C=CCON=C1CN(C(=O)OC(C)(C)C)Nc2ccccc21. The highest BCUT2D eigenvalue weighted by molar-refractivity contribution is 6.08. The van der Waals surface area contributed by atoms with Gasteiger partial charge in [0.2, 0.25) is 0 Å². The number of amides is 1. The number of carbonyl (C=O) groups excluding carboxylic acids is 1. The van der Waals surface area contributed by atoms with Crippen LogP contribution in [-0.4, -0.2) is 35.6 Å². The topological polar surface area (TPSA) is 63.2 Å². The molecule has 0 unspecified atom stereocenters. The van der Waals surface area contributed by atoms with E-state index >= 15 is 0 Å². The Bertz CT molecular complexity index is 591. The monoisotopic (exact) mass is 303 g/mol. The lowest BCUT2D eigenvalue weighted by Gasteiger charge is -2.32. The molecule has 0 aliphatic carbocycles. The van der Waals surface area contributed by atoms with Crippen LogP contribution in [0.5, 0.6) is 0 Å². The summed E-state index contributed by atoms with van der Waals surface area (Å²) in [6.45, 7) is 9.62. The minimum absolute atomic E-state index is 0.253. The zero-order valence-corrected chi connectivity index (χ0v) is 13.1. The zero-order chi connectivity index (χ0) is 16.2. The smallest absolute Gasteiger partial charge is 0.429 e. The number of hydrazine groups is 1. The van der Waals surface area contributed by atoms with E-state index in [1.807, 2.05) is 45.0 Å². The van der Waals surface area contributed by atoms with Crippen LogP contribution in [0.3, 0.4) is 0 Å². The first-order chi connectivity index (χ1) is 10.4. The predicted octanol–water partition coefficient (Wildman–Crippen LogP) is 3.17. The van der Waals surface area contributed by atoms with Gasteiger partial charge in [-0.2, -0.15) is 0 Å². The Morgan fingerprint density at radius 2 is 2.18 bits per heavy atom. The molecular formula is C16H21N3O3. The summed E-state index contributed by atoms with van der Waals surface area (Å²) in [5, 5.41) is 5.48. The molecule has 118 valence electrons. The predicted molar refractivity (Wildman–Crippen MR) is 85.7 cm³/mol. The molecule has 0 saturated heterocycles. The van der Waals surface area contributed by atoms with Crippen molar-refractivity contribution in [3.8, 4) is 0 Å². The highest BCUT2D eigenvalue weighted by Crippen LogP contribution is 2.23. The molecule has 1 N–H and O–H groups in total. The van der Waals surface area contributed by atoms with E-state index in [9.17, 15) is 4.79 Å². The summed E-state index contributed by atoms with van der Waals surface area (Å²) < 4.78 is 5.38. The maximum atomic E-state index is 12.2. The van der Waals surface area contributed by atoms with Gasteiger partial charge in [-0.1, -0.05) is 36.0 Å². The van der Waals surface area contributed by atoms with Gasteiger partial charge in [-0.3, -0.25) is 5.43 Å². The zero-order valence-electron chi connectivity index (χ0n) is 13.1. The van der Waals surface area contributed by atoms with Crippen molar-refractivity contribution in [1.29, 1.82) is 0 Å². The number of rotatable bonds is 3. The summed E-state index contributed by atoms with van der Waals surface area (Å²) in [6.07, 6.45) is 1.15. The van der Waals surface area contributed by atoms with Gasteiger partial charge in [-0.05, 0) is 26.8 Å². The van der Waals surface area contributed by atoms with Crippen LogP contribution in [0, 0.1) is 0 Å². The van der Waals surface area contributed by atoms with Gasteiger partial charge in [0, 0.05) is 5.56 Å². The van der Waals surface area contributed by atoms with Crippen molar-refractivity contribution in [2.75, 3.05) is 18.6 Å². The Hall–Kier alpha value is -2.50. The number of fused-ring (bicyclic) bond motifs is 1. The molecule has 2 rings (SSSR count). The van der Waals surface area contributed by atoms with Gasteiger partial charge in [-0.25, -0.2) is 9.80 Å². The second-order valence-electron chi connectivity index (χ2n) is 5.85. The number of nitrogens with one attached hydrogen (secondary N) is 1. The van der Waals surface area contributed by atoms with Crippen LogP contribution in [0.4, 0.5) is 10.5 Å². The molecule has 0 aromatic heterocycles. The van der Waals surface area contributed by atoms with Crippen LogP contribution in [0.15, 0.2) is 42.1 Å². The average molecular weight is 303 g/mol. The number of carbonyl (C=O) groups is 1. The first kappa shape index (κ1) is 15.9. The number of hydrogen-bond donors (Lipinski definition) is 1. The van der Waals surface area contributed by atoms with E-state index in [-0.39, 0.29) is 6.54 Å². The largest absolute Gasteiger partial charge is 0.442 e. The molecule has 0 fully saturated rings. The number of oxime groups is 1. The summed E-state index contributed by atoms with van der Waals surface area (Å²) in [5.41, 5.74) is 4.81. The third-order valence-electron chi connectivity index (χ3n) is 2.78. The van der Waals surface area contributed by atoms with Gasteiger partial charge in [0.15, 0.2) is 0 Å². The number of ether oxygens (including phenoxy) is 1. The van der Waals surface area contributed by atoms with Crippen LogP contribution in [0.25, 0.3) is 0 Å². The molecule has 0 bridgehead atoms. The maximum absolute atomic E-state index is 12.2. The molecule has 6 heteroatoms. The van der Waals surface area contributed by atoms with E-state index in [0.29, 0.717) is 12.3 Å². The molecule has 1 aliphatic rings. The molecule has 1 aromatic rings. The van der Waals surface area contributed by atoms with E-state index in [4.69, 9.17) is 9.57 Å². The summed E-state index contributed by atoms with van der Waals surface area (Å²) in [5.74, 6) is 0. The molecule has 0 spiro atoms. The van der Waals surface area contributed by atoms with Gasteiger partial charge < -0.3 is 9.57 Å². The molecule has 0 saturated carbocycles. The Labute approximate surface area is 130 Å². The van der Waals surface area contributed by atoms with Crippen LogP contribution in [0.2, 0.25) is 0 Å². The Morgan fingerprint density at radius 3 is 2.86 bits per heavy atom. The molecule has 0 radical (unpaired) electrons. The molecule has 0 atom stereocenters. The average Bonchev–Trinajstić information content (AvgIpc) is 2.45. The summed E-state index contributed by atoms with van der Waals surface area (Å²) in [6, 6.07) is 7.58. The highest BCUT2D eigenvalue weighted by atomic mass is 16.6. The van der Waals surface area contributed by atoms with Crippen LogP contribution >= 0.6 is 0 Å². The van der Waals surface area contributed by atoms with Crippen molar-refractivity contribution >= 4 is 17.5 Å². The number of hydrogen-bond acceptors (Lipinski definition) is 5. The standard InChI is InChI=1S/C16H21N3O3/c1-5-10-21-18-14-11-19(15(20)22-16(2,3)4)17-13-9-7-6-8-12(13)14/h5-9,17H,1,10-11H2,2-4H3. The normalized spacial score (nSPS) is 15.8. The fourth-order valence-corrected chi connectivity index (χ4v) is 1.93. The van der Waals surface area contributed by atoms with Gasteiger partial charge in [0.1, 0.15) is 17.9 Å². The molecule has 6 nitrogen and oxygen atoms in total. The van der Waals surface area contributed by atoms with E-state index in [2.05, 4.69) is 17.2 Å². The Morgan fingerprint density at radius 1 is 1.45 bits per heavy atom. The fraction of sp³-hybridized carbons (Fsp3) is 0.375. The molecular weight excluding hydrogens is 282 g/mol. The number of para-hydroxylation sites is 1. The van der Waals surface area contributed by atoms with E-state index in [1.54, 1.807) is 6.08 Å². The lowest BCUT2D eigenvalue weighted by Crippen LogP contribution is -2.46. The van der Waals surface area contributed by atoms with Gasteiger partial charge in [0.25, 0.3) is 0 Å². The van der Waals surface area contributed by atoms with E-state index in [1.165, 1.54) is 5.01 Å². The van der Waals surface area contributed by atoms with Crippen molar-refractivity contribution in [2.45, 2.75) is 26.4 Å². The second kappa shape index (κ2) is 6.51. The van der Waals surface area contributed by atoms with Crippen molar-refractivity contribution in [1.82, 2.24) is 5.01 Å². The van der Waals surface area contributed by atoms with Gasteiger partial charge >= 0.3 is 6.09 Å². The lowest BCUT2D eigenvalue weighted by molar-refractivity contribution is 0.0318. The van der Waals surface area contributed by atoms with Crippen LogP contribution in [-0.2, 0) is 9.57 Å². The minimum atomic E-state index is -0.563. The first-order valence-electron chi connectivity index (χ1n) is 7.07. The Kier molecular flexibility index (Phi) is 4.70. The fourth-order valence-electron chi connectivity index (χ4n) is 1.93. The number of nitrogens with zero attached hydrogens (tertiary/aromatic N) is 2. The first-order valence-corrected chi connectivity index (χ1v) is 7.07. The molecule has 1 heterocycles. The molecule has 1 amide bonds. The van der Waals surface area contributed by atoms with Crippen LogP contribution < -0.4 is 5.43 Å². The van der Waals surface area contributed by atoms with Crippen molar-refractivity contribution in [2.24, 2.45) is 5.16 Å². The van der Waals surface area contributed by atoms with Crippen LogP contribution in [0.1, 0.15) is 26.3 Å². The Balaban J connectivity index is 2.22. The van der Waals surface area contributed by atoms with Crippen molar-refractivity contribution < 1.29 is 14.4 Å². The molecule has 22 heavy (non-hydrogen) atoms. The van der Waals surface area contributed by atoms with Gasteiger partial charge in [-0.15, -0.1) is 0 Å². The maximum Gasteiger partial charge on any atom is 0.429 e. The lowest BCUT2D eigenvalue weighted by atomic mass is 10.1. The minimum Gasteiger partial charge on any atom is -0.442 e. The second-order valence-corrected chi connectivity index (χ2v) is 5.85. The third-order valence-corrected chi connectivity index (χ3v) is 2.78. The third kappa shape index (κ3) is 4.00. The number of anilines is 1. The van der Waals surface area contributed by atoms with Gasteiger partial charge in [0.05, 0.1) is 12.2 Å². The molecule has 1 aliphatic heterocycles. The van der Waals surface area contributed by atoms with E-state index in [0.717, 1.165) is 11.3 Å². The summed E-state index contributed by atoms with van der Waals surface area (Å²) in [4.78, 5) is 17.4. The summed E-state index contributed by atoms with van der Waals surface area (Å²) >= 11 is 0. The summed E-state index contributed by atoms with van der Waals surface area (Å²) in [7, 11) is 0. The number of benzene rings is 1. The quantitative estimate of drug-likeness (QED) is 0.529. The highest BCUT2D eigenvalue weighted by Gasteiger charge is 2.28. The van der Waals surface area contributed by atoms with Crippen molar-refractivity contribution in [3.05, 3.63) is 42.5 Å².